The number of rotatable bonds is 8. The minimum atomic E-state index is -0.544. The van der Waals surface area contributed by atoms with Gasteiger partial charge in [0.1, 0.15) is 12.7 Å². The molecule has 2 aliphatic rings. The predicted molar refractivity (Wildman–Crippen MR) is 137 cm³/mol. The minimum Gasteiger partial charge on any atom is -0.487 e. The van der Waals surface area contributed by atoms with Crippen LogP contribution in [-0.4, -0.2) is 66.1 Å². The molecule has 0 aliphatic carbocycles. The highest BCUT2D eigenvalue weighted by molar-refractivity contribution is 7.95. The van der Waals surface area contributed by atoms with E-state index >= 15 is 0 Å². The lowest BCUT2D eigenvalue weighted by Gasteiger charge is -2.40. The molecule has 1 saturated heterocycles. The quantitative estimate of drug-likeness (QED) is 0.486. The van der Waals surface area contributed by atoms with Crippen LogP contribution in [0, 0.1) is 0 Å². The molecule has 1 N–H and O–H groups in total. The van der Waals surface area contributed by atoms with Gasteiger partial charge in [0, 0.05) is 44.0 Å². The summed E-state index contributed by atoms with van der Waals surface area (Å²) in [5.74, 6) is 2.50. The molecule has 3 aromatic carbocycles. The second kappa shape index (κ2) is 11.3. The van der Waals surface area contributed by atoms with Crippen LogP contribution in [-0.2, 0) is 6.42 Å². The molecule has 178 valence electrons. The second-order valence-electron chi connectivity index (χ2n) is 8.93. The number of nitrogens with zero attached hydrogens (tertiary/aromatic N) is 2. The molecule has 1 atom stereocenters. The average molecular weight is 477 g/mol. The molecule has 3 aromatic rings. The Bertz CT molecular complexity index is 1000. The van der Waals surface area contributed by atoms with Gasteiger partial charge in [0.25, 0.3) is 0 Å². The van der Waals surface area contributed by atoms with Crippen molar-refractivity contribution in [2.24, 2.45) is 0 Å². The molecule has 1 fully saturated rings. The fourth-order valence-electron chi connectivity index (χ4n) is 4.84. The number of fused-ring (bicyclic) bond motifs is 1. The van der Waals surface area contributed by atoms with E-state index in [4.69, 9.17) is 8.92 Å². The van der Waals surface area contributed by atoms with E-state index < -0.39 is 6.10 Å². The standard InChI is InChI=1S/C28H32N2O3S/c31-25(21-32-26-13-7-12-24-14-19-34-33-28(24)26)20-29-15-17-30(18-16-29)27(22-8-3-1-4-9-22)23-10-5-2-6-11-23/h1-13,25,27,31H,14-21H2. The summed E-state index contributed by atoms with van der Waals surface area (Å²) in [6.07, 6.45) is 0.439. The van der Waals surface area contributed by atoms with E-state index in [1.165, 1.54) is 28.7 Å². The maximum Gasteiger partial charge on any atom is 0.182 e. The number of hydrogen-bond donors (Lipinski definition) is 1. The van der Waals surface area contributed by atoms with Crippen molar-refractivity contribution in [1.29, 1.82) is 0 Å². The van der Waals surface area contributed by atoms with E-state index in [2.05, 4.69) is 76.5 Å². The van der Waals surface area contributed by atoms with Crippen LogP contribution in [0.2, 0.25) is 0 Å². The average Bonchev–Trinajstić information content (AvgIpc) is 2.90. The summed E-state index contributed by atoms with van der Waals surface area (Å²) in [4.78, 5) is 4.89. The van der Waals surface area contributed by atoms with Crippen LogP contribution in [0.5, 0.6) is 11.5 Å². The molecule has 1 unspecified atom stereocenters. The van der Waals surface area contributed by atoms with E-state index in [1.54, 1.807) is 0 Å². The van der Waals surface area contributed by atoms with Crippen molar-refractivity contribution in [1.82, 2.24) is 9.80 Å². The molecule has 34 heavy (non-hydrogen) atoms. The SMILES string of the molecule is OC(COc1cccc2c1OSCC2)CN1CCN(C(c2ccccc2)c2ccccc2)CC1. The molecule has 0 aromatic heterocycles. The molecule has 2 heterocycles. The number of aryl methyl sites for hydroxylation is 1. The van der Waals surface area contributed by atoms with Crippen LogP contribution < -0.4 is 8.92 Å². The van der Waals surface area contributed by atoms with Gasteiger partial charge in [-0.05, 0) is 23.6 Å². The normalized spacial score (nSPS) is 17.7. The summed E-state index contributed by atoms with van der Waals surface area (Å²) in [6, 6.07) is 27.7. The molecule has 0 amide bonds. The third-order valence-electron chi connectivity index (χ3n) is 6.56. The first-order valence-corrected chi connectivity index (χ1v) is 13.0. The number of aliphatic hydroxyl groups excluding tert-OH is 1. The Morgan fingerprint density at radius 3 is 2.21 bits per heavy atom. The van der Waals surface area contributed by atoms with Crippen LogP contribution in [0.25, 0.3) is 0 Å². The highest BCUT2D eigenvalue weighted by atomic mass is 32.2. The van der Waals surface area contributed by atoms with Gasteiger partial charge in [-0.25, -0.2) is 0 Å². The topological polar surface area (TPSA) is 45.2 Å². The summed E-state index contributed by atoms with van der Waals surface area (Å²) < 4.78 is 11.7. The molecule has 5 rings (SSSR count). The first-order chi connectivity index (χ1) is 16.8. The lowest BCUT2D eigenvalue weighted by molar-refractivity contribution is 0.0398. The summed E-state index contributed by atoms with van der Waals surface area (Å²) >= 11 is 1.46. The van der Waals surface area contributed by atoms with Crippen LogP contribution in [0.3, 0.4) is 0 Å². The molecule has 2 aliphatic heterocycles. The Labute approximate surface area is 206 Å². The van der Waals surface area contributed by atoms with Crippen LogP contribution in [0.4, 0.5) is 0 Å². The summed E-state index contributed by atoms with van der Waals surface area (Å²) in [5.41, 5.74) is 3.82. The van der Waals surface area contributed by atoms with Crippen LogP contribution >= 0.6 is 12.0 Å². The minimum absolute atomic E-state index is 0.250. The number of para-hydroxylation sites is 1. The number of ether oxygens (including phenoxy) is 1. The zero-order chi connectivity index (χ0) is 23.2. The summed E-state index contributed by atoms with van der Waals surface area (Å²) in [7, 11) is 0. The molecule has 0 spiro atoms. The first-order valence-electron chi connectivity index (χ1n) is 12.1. The van der Waals surface area contributed by atoms with Gasteiger partial charge in [0.05, 0.1) is 18.1 Å². The number of piperazine rings is 1. The predicted octanol–water partition coefficient (Wildman–Crippen LogP) is 4.42. The van der Waals surface area contributed by atoms with E-state index in [9.17, 15) is 5.11 Å². The Morgan fingerprint density at radius 1 is 0.853 bits per heavy atom. The monoisotopic (exact) mass is 476 g/mol. The van der Waals surface area contributed by atoms with Crippen molar-refractivity contribution in [3.05, 3.63) is 95.6 Å². The molecule has 0 radical (unpaired) electrons. The van der Waals surface area contributed by atoms with Crippen molar-refractivity contribution < 1.29 is 14.0 Å². The summed E-state index contributed by atoms with van der Waals surface area (Å²) in [5, 5.41) is 10.7. The van der Waals surface area contributed by atoms with Crippen molar-refractivity contribution in [2.45, 2.75) is 18.6 Å². The second-order valence-corrected chi connectivity index (χ2v) is 9.74. The molecule has 5 nitrogen and oxygen atoms in total. The van der Waals surface area contributed by atoms with Gasteiger partial charge in [-0.3, -0.25) is 9.80 Å². The molecule has 6 heteroatoms. The van der Waals surface area contributed by atoms with Crippen molar-refractivity contribution in [2.75, 3.05) is 45.1 Å². The van der Waals surface area contributed by atoms with Gasteiger partial charge >= 0.3 is 0 Å². The number of hydrogen-bond acceptors (Lipinski definition) is 6. The van der Waals surface area contributed by atoms with Gasteiger partial charge in [-0.1, -0.05) is 72.8 Å². The van der Waals surface area contributed by atoms with Crippen molar-refractivity contribution in [3.63, 3.8) is 0 Å². The van der Waals surface area contributed by atoms with Gasteiger partial charge < -0.3 is 14.0 Å². The van der Waals surface area contributed by atoms with Crippen LogP contribution in [0.15, 0.2) is 78.9 Å². The maximum absolute atomic E-state index is 10.7. The fraction of sp³-hybridized carbons (Fsp3) is 0.357. The van der Waals surface area contributed by atoms with Crippen molar-refractivity contribution in [3.8, 4) is 11.5 Å². The van der Waals surface area contributed by atoms with Gasteiger partial charge in [0.2, 0.25) is 0 Å². The zero-order valence-corrected chi connectivity index (χ0v) is 20.2. The third-order valence-corrected chi connectivity index (χ3v) is 7.22. The van der Waals surface area contributed by atoms with Gasteiger partial charge in [-0.15, -0.1) is 0 Å². The van der Waals surface area contributed by atoms with E-state index in [0.29, 0.717) is 6.54 Å². The highest BCUT2D eigenvalue weighted by Gasteiger charge is 2.27. The third kappa shape index (κ3) is 5.58. The van der Waals surface area contributed by atoms with Crippen LogP contribution in [0.1, 0.15) is 22.7 Å². The fourth-order valence-corrected chi connectivity index (χ4v) is 5.54. The smallest absolute Gasteiger partial charge is 0.182 e. The molecule has 0 bridgehead atoms. The lowest BCUT2D eigenvalue weighted by Crippen LogP contribution is -2.50. The highest BCUT2D eigenvalue weighted by Crippen LogP contribution is 2.37. The summed E-state index contributed by atoms with van der Waals surface area (Å²) in [6.45, 7) is 4.64. The lowest BCUT2D eigenvalue weighted by atomic mass is 9.96. The molecular formula is C28H32N2O3S. The molecular weight excluding hydrogens is 444 g/mol. The largest absolute Gasteiger partial charge is 0.487 e. The Hall–Kier alpha value is -2.51. The Balaban J connectivity index is 1.16. The van der Waals surface area contributed by atoms with E-state index in [-0.39, 0.29) is 12.6 Å². The van der Waals surface area contributed by atoms with Gasteiger partial charge in [-0.2, -0.15) is 0 Å². The molecule has 0 saturated carbocycles. The Morgan fingerprint density at radius 2 is 1.53 bits per heavy atom. The Kier molecular flexibility index (Phi) is 7.71. The maximum atomic E-state index is 10.7. The number of benzene rings is 3. The first kappa shape index (κ1) is 23.2. The van der Waals surface area contributed by atoms with E-state index in [0.717, 1.165) is 49.9 Å². The zero-order valence-electron chi connectivity index (χ0n) is 19.4. The number of β-amino-alcohol motifs (C(OH)–C–C–N with tert-alkyl or cyclic N) is 1. The van der Waals surface area contributed by atoms with E-state index in [1.807, 2.05) is 12.1 Å². The number of aliphatic hydroxyl groups is 1. The van der Waals surface area contributed by atoms with Crippen molar-refractivity contribution >= 4 is 12.0 Å². The van der Waals surface area contributed by atoms with Gasteiger partial charge in [0.15, 0.2) is 11.5 Å².